The molecule has 7 nitrogen and oxygen atoms in total. The van der Waals surface area contributed by atoms with Crippen LogP contribution in [0.4, 0.5) is 4.79 Å². The molecule has 0 heterocycles. The zero-order valence-corrected chi connectivity index (χ0v) is 16.2. The van der Waals surface area contributed by atoms with Crippen LogP contribution in [0.15, 0.2) is 53.0 Å². The van der Waals surface area contributed by atoms with Crippen LogP contribution in [0.3, 0.4) is 0 Å². The second-order valence-electron chi connectivity index (χ2n) is 5.26. The van der Waals surface area contributed by atoms with Crippen molar-refractivity contribution in [2.24, 2.45) is 0 Å². The number of nitrogens with one attached hydrogen (secondary N) is 1. The van der Waals surface area contributed by atoms with Crippen molar-refractivity contribution in [2.75, 3.05) is 13.2 Å². The van der Waals surface area contributed by atoms with E-state index in [0.717, 1.165) is 10.0 Å². The fourth-order valence-electron chi connectivity index (χ4n) is 2.07. The van der Waals surface area contributed by atoms with Gasteiger partial charge in [0.2, 0.25) is 0 Å². The third-order valence-corrected chi connectivity index (χ3v) is 3.73. The molecule has 0 aliphatic rings. The Labute approximate surface area is 164 Å². The lowest BCUT2D eigenvalue weighted by atomic mass is 10.2. The van der Waals surface area contributed by atoms with Crippen molar-refractivity contribution >= 4 is 33.9 Å². The van der Waals surface area contributed by atoms with Crippen molar-refractivity contribution < 1.29 is 28.6 Å². The van der Waals surface area contributed by atoms with Gasteiger partial charge in [0.05, 0.1) is 6.61 Å². The topological polar surface area (TPSA) is 90.9 Å². The summed E-state index contributed by atoms with van der Waals surface area (Å²) in [5.74, 6) is -1.19. The van der Waals surface area contributed by atoms with E-state index in [1.807, 2.05) is 29.6 Å². The van der Waals surface area contributed by atoms with E-state index < -0.39 is 24.6 Å². The van der Waals surface area contributed by atoms with Crippen molar-refractivity contribution in [1.29, 1.82) is 0 Å². The van der Waals surface area contributed by atoms with Gasteiger partial charge in [0.15, 0.2) is 6.61 Å². The molecule has 2 aromatic carbocycles. The van der Waals surface area contributed by atoms with Crippen molar-refractivity contribution in [3.63, 3.8) is 0 Å². The largest absolute Gasteiger partial charge is 0.488 e. The summed E-state index contributed by atoms with van der Waals surface area (Å²) in [6.07, 6.45) is -0.892. The van der Waals surface area contributed by atoms with Gasteiger partial charge in [0.25, 0.3) is 5.91 Å². The first-order chi connectivity index (χ1) is 13.0. The number of hydrogen-bond acceptors (Lipinski definition) is 6. The maximum absolute atomic E-state index is 12.2. The molecule has 2 rings (SSSR count). The molecule has 142 valence electrons. The summed E-state index contributed by atoms with van der Waals surface area (Å²) in [7, 11) is 0. The van der Waals surface area contributed by atoms with E-state index in [1.165, 1.54) is 6.07 Å². The molecule has 0 atom stereocenters. The molecule has 0 spiro atoms. The third kappa shape index (κ3) is 6.74. The zero-order valence-electron chi connectivity index (χ0n) is 14.6. The van der Waals surface area contributed by atoms with Gasteiger partial charge in [0.1, 0.15) is 17.9 Å². The van der Waals surface area contributed by atoms with Crippen LogP contribution in [0.25, 0.3) is 0 Å². The minimum atomic E-state index is -0.892. The number of esters is 1. The average molecular weight is 436 g/mol. The Balaban J connectivity index is 1.94. The first kappa shape index (κ1) is 20.4. The van der Waals surface area contributed by atoms with E-state index in [-0.39, 0.29) is 18.8 Å². The number of amides is 2. The van der Waals surface area contributed by atoms with Crippen LogP contribution in [-0.2, 0) is 20.9 Å². The summed E-state index contributed by atoms with van der Waals surface area (Å²) in [6.45, 7) is 1.38. The zero-order chi connectivity index (χ0) is 19.6. The molecule has 0 radical (unpaired) electrons. The smallest absolute Gasteiger partial charge is 0.413 e. The van der Waals surface area contributed by atoms with Crippen molar-refractivity contribution in [3.8, 4) is 5.75 Å². The van der Waals surface area contributed by atoms with Gasteiger partial charge in [-0.25, -0.2) is 9.59 Å². The number of carbonyl (C=O) groups excluding carboxylic acids is 3. The molecule has 0 aromatic heterocycles. The SMILES string of the molecule is CCOC(=O)NC(=O)COC(=O)c1ccccc1OCc1cccc(Br)c1. The molecule has 0 unspecified atom stereocenters. The molecule has 0 saturated heterocycles. The molecular weight excluding hydrogens is 418 g/mol. The van der Waals surface area contributed by atoms with Crippen molar-refractivity contribution in [3.05, 3.63) is 64.1 Å². The van der Waals surface area contributed by atoms with E-state index in [1.54, 1.807) is 25.1 Å². The van der Waals surface area contributed by atoms with Gasteiger partial charge in [-0.2, -0.15) is 0 Å². The summed E-state index contributed by atoms with van der Waals surface area (Å²) < 4.78 is 16.1. The molecule has 0 fully saturated rings. The van der Waals surface area contributed by atoms with Crippen molar-refractivity contribution in [2.45, 2.75) is 13.5 Å². The Bertz CT molecular complexity index is 823. The summed E-state index contributed by atoms with van der Waals surface area (Å²) >= 11 is 3.39. The molecule has 2 amide bonds. The molecule has 27 heavy (non-hydrogen) atoms. The second kappa shape index (κ2) is 10.3. The number of ether oxygens (including phenoxy) is 3. The van der Waals surface area contributed by atoms with E-state index >= 15 is 0 Å². The molecule has 8 heteroatoms. The van der Waals surface area contributed by atoms with Gasteiger partial charge in [-0.1, -0.05) is 40.2 Å². The van der Waals surface area contributed by atoms with Gasteiger partial charge in [-0.05, 0) is 36.8 Å². The number of alkyl carbamates (subject to hydrolysis) is 1. The van der Waals surface area contributed by atoms with Crippen LogP contribution in [0.2, 0.25) is 0 Å². The highest BCUT2D eigenvalue weighted by Crippen LogP contribution is 2.21. The Hall–Kier alpha value is -2.87. The highest BCUT2D eigenvalue weighted by atomic mass is 79.9. The van der Waals surface area contributed by atoms with Gasteiger partial charge in [0, 0.05) is 4.47 Å². The van der Waals surface area contributed by atoms with Crippen LogP contribution >= 0.6 is 15.9 Å². The third-order valence-electron chi connectivity index (χ3n) is 3.24. The Morgan fingerprint density at radius 1 is 1.04 bits per heavy atom. The number of rotatable bonds is 7. The first-order valence-electron chi connectivity index (χ1n) is 8.09. The summed E-state index contributed by atoms with van der Waals surface area (Å²) in [5, 5.41) is 1.94. The van der Waals surface area contributed by atoms with E-state index in [0.29, 0.717) is 5.75 Å². The lowest BCUT2D eigenvalue weighted by molar-refractivity contribution is -0.123. The molecule has 2 aromatic rings. The number of carbonyl (C=O) groups is 3. The highest BCUT2D eigenvalue weighted by Gasteiger charge is 2.16. The summed E-state index contributed by atoms with van der Waals surface area (Å²) in [5.41, 5.74) is 1.10. The lowest BCUT2D eigenvalue weighted by Gasteiger charge is -2.11. The second-order valence-corrected chi connectivity index (χ2v) is 6.18. The van der Waals surface area contributed by atoms with E-state index in [9.17, 15) is 14.4 Å². The monoisotopic (exact) mass is 435 g/mol. The van der Waals surface area contributed by atoms with Crippen molar-refractivity contribution in [1.82, 2.24) is 5.32 Å². The quantitative estimate of drug-likeness (QED) is 0.669. The minimum absolute atomic E-state index is 0.127. The standard InChI is InChI=1S/C19H18BrNO6/c1-2-25-19(24)21-17(22)12-27-18(23)15-8-3-4-9-16(15)26-11-13-6-5-7-14(20)10-13/h3-10H,2,11-12H2,1H3,(H,21,22,24). The molecule has 0 bridgehead atoms. The number of para-hydroxylation sites is 1. The fourth-order valence-corrected chi connectivity index (χ4v) is 2.52. The lowest BCUT2D eigenvalue weighted by Crippen LogP contribution is -2.34. The van der Waals surface area contributed by atoms with Gasteiger partial charge < -0.3 is 14.2 Å². The predicted molar refractivity (Wildman–Crippen MR) is 100 cm³/mol. The maximum Gasteiger partial charge on any atom is 0.413 e. The number of halogens is 1. The van der Waals surface area contributed by atoms with Crippen LogP contribution in [0.1, 0.15) is 22.8 Å². The fraction of sp³-hybridized carbons (Fsp3) is 0.211. The minimum Gasteiger partial charge on any atom is -0.488 e. The van der Waals surface area contributed by atoms with Gasteiger partial charge in [-0.3, -0.25) is 10.1 Å². The van der Waals surface area contributed by atoms with Crippen LogP contribution in [0, 0.1) is 0 Å². The molecule has 0 aliphatic carbocycles. The van der Waals surface area contributed by atoms with Gasteiger partial charge in [-0.15, -0.1) is 0 Å². The average Bonchev–Trinajstić information content (AvgIpc) is 2.65. The molecular formula is C19H18BrNO6. The first-order valence-corrected chi connectivity index (χ1v) is 8.89. The maximum atomic E-state index is 12.2. The summed E-state index contributed by atoms with van der Waals surface area (Å²) in [4.78, 5) is 35.0. The number of benzene rings is 2. The Morgan fingerprint density at radius 3 is 2.56 bits per heavy atom. The van der Waals surface area contributed by atoms with E-state index in [4.69, 9.17) is 9.47 Å². The Morgan fingerprint density at radius 2 is 1.81 bits per heavy atom. The Kier molecular flexibility index (Phi) is 7.81. The highest BCUT2D eigenvalue weighted by molar-refractivity contribution is 9.10. The van der Waals surface area contributed by atoms with Gasteiger partial charge >= 0.3 is 12.1 Å². The molecule has 0 aliphatic heterocycles. The predicted octanol–water partition coefficient (Wildman–Crippen LogP) is 3.46. The molecule has 1 N–H and O–H groups in total. The molecule has 0 saturated carbocycles. The van der Waals surface area contributed by atoms with Crippen LogP contribution < -0.4 is 10.1 Å². The summed E-state index contributed by atoms with van der Waals surface area (Å²) in [6, 6.07) is 14.1. The number of hydrogen-bond donors (Lipinski definition) is 1. The van der Waals surface area contributed by atoms with E-state index in [2.05, 4.69) is 20.7 Å². The van der Waals surface area contributed by atoms with Crippen LogP contribution in [-0.4, -0.2) is 31.2 Å². The normalized spacial score (nSPS) is 10.0. The van der Waals surface area contributed by atoms with Crippen LogP contribution in [0.5, 0.6) is 5.75 Å². The number of imide groups is 1.